The van der Waals surface area contributed by atoms with Crippen LogP contribution in [-0.4, -0.2) is 42.7 Å². The SMILES string of the molecule is CO/N=C(\c1ccccc1)C1CC(c2csc(C3CC[NH2+]CC3)n2)=NO1. The van der Waals surface area contributed by atoms with Crippen LogP contribution < -0.4 is 5.32 Å². The lowest BCUT2D eigenvalue weighted by atomic mass is 9.99. The molecule has 7 heteroatoms. The molecule has 0 saturated carbocycles. The Balaban J connectivity index is 1.47. The first-order valence-electron chi connectivity index (χ1n) is 9.01. The maximum atomic E-state index is 5.68. The molecule has 26 heavy (non-hydrogen) atoms. The predicted molar refractivity (Wildman–Crippen MR) is 102 cm³/mol. The summed E-state index contributed by atoms with van der Waals surface area (Å²) >= 11 is 1.74. The van der Waals surface area contributed by atoms with Crippen molar-refractivity contribution in [2.75, 3.05) is 20.2 Å². The maximum Gasteiger partial charge on any atom is 0.178 e. The van der Waals surface area contributed by atoms with Crippen molar-refractivity contribution in [1.82, 2.24) is 4.98 Å². The molecule has 1 aromatic carbocycles. The molecular formula is C19H23N4O2S+. The fraction of sp³-hybridized carbons (Fsp3) is 0.421. The van der Waals surface area contributed by atoms with E-state index >= 15 is 0 Å². The van der Waals surface area contributed by atoms with Gasteiger partial charge in [0, 0.05) is 36.1 Å². The van der Waals surface area contributed by atoms with Crippen LogP contribution in [0, 0.1) is 0 Å². The van der Waals surface area contributed by atoms with Crippen molar-refractivity contribution in [2.24, 2.45) is 10.3 Å². The molecule has 0 amide bonds. The molecule has 3 heterocycles. The average molecular weight is 371 g/mol. The standard InChI is InChI=1S/C19H22N4O2S/c1-24-23-18(13-5-3-2-4-6-13)17-11-15(22-25-17)16-12-26-19(21-16)14-7-9-20-10-8-14/h2-6,12,14,17,20H,7-11H2,1H3/p+1/b23-18+. The molecule has 4 rings (SSSR count). The minimum absolute atomic E-state index is 0.248. The number of rotatable bonds is 5. The quantitative estimate of drug-likeness (QED) is 0.646. The van der Waals surface area contributed by atoms with Crippen molar-refractivity contribution >= 4 is 22.8 Å². The molecule has 0 radical (unpaired) electrons. The van der Waals surface area contributed by atoms with Gasteiger partial charge in [-0.25, -0.2) is 4.98 Å². The molecule has 1 aromatic heterocycles. The van der Waals surface area contributed by atoms with Crippen molar-refractivity contribution in [1.29, 1.82) is 0 Å². The van der Waals surface area contributed by atoms with Crippen molar-refractivity contribution in [2.45, 2.75) is 31.3 Å². The number of nitrogens with two attached hydrogens (primary N) is 1. The second-order valence-corrected chi connectivity index (χ2v) is 7.46. The summed E-state index contributed by atoms with van der Waals surface area (Å²) in [6.07, 6.45) is 2.81. The molecule has 6 nitrogen and oxygen atoms in total. The van der Waals surface area contributed by atoms with Crippen LogP contribution in [0.15, 0.2) is 46.0 Å². The number of nitrogens with zero attached hydrogens (tertiary/aromatic N) is 3. The molecular weight excluding hydrogens is 348 g/mol. The van der Waals surface area contributed by atoms with Gasteiger partial charge in [0.25, 0.3) is 0 Å². The van der Waals surface area contributed by atoms with Gasteiger partial charge in [0.05, 0.1) is 23.8 Å². The fourth-order valence-electron chi connectivity index (χ4n) is 3.46. The van der Waals surface area contributed by atoms with Gasteiger partial charge in [0.2, 0.25) is 0 Å². The zero-order valence-electron chi connectivity index (χ0n) is 14.8. The molecule has 1 unspecified atom stereocenters. The van der Waals surface area contributed by atoms with Crippen LogP contribution in [0.3, 0.4) is 0 Å². The van der Waals surface area contributed by atoms with Crippen LogP contribution >= 0.6 is 11.3 Å². The lowest BCUT2D eigenvalue weighted by molar-refractivity contribution is -0.663. The van der Waals surface area contributed by atoms with Crippen LogP contribution in [0.1, 0.15) is 41.4 Å². The zero-order chi connectivity index (χ0) is 17.8. The molecule has 1 atom stereocenters. The Morgan fingerprint density at radius 3 is 2.85 bits per heavy atom. The van der Waals surface area contributed by atoms with E-state index in [1.54, 1.807) is 18.4 Å². The molecule has 2 aliphatic rings. The predicted octanol–water partition coefficient (Wildman–Crippen LogP) is 2.13. The molecule has 136 valence electrons. The number of hydrogen-bond donors (Lipinski definition) is 1. The summed E-state index contributed by atoms with van der Waals surface area (Å²) in [4.78, 5) is 15.6. The van der Waals surface area contributed by atoms with Gasteiger partial charge >= 0.3 is 0 Å². The first kappa shape index (κ1) is 17.2. The number of aromatic nitrogens is 1. The highest BCUT2D eigenvalue weighted by Gasteiger charge is 2.30. The monoisotopic (exact) mass is 371 g/mol. The Labute approximate surface area is 156 Å². The Bertz CT molecular complexity index is 797. The number of thiazole rings is 1. The molecule has 0 aliphatic carbocycles. The minimum Gasteiger partial charge on any atom is -0.399 e. The largest absolute Gasteiger partial charge is 0.399 e. The number of piperidine rings is 1. The van der Waals surface area contributed by atoms with E-state index in [9.17, 15) is 0 Å². The van der Waals surface area contributed by atoms with E-state index in [0.717, 1.165) is 22.7 Å². The molecule has 2 aromatic rings. The number of benzene rings is 1. The van der Waals surface area contributed by atoms with Crippen LogP contribution in [0.25, 0.3) is 0 Å². The van der Waals surface area contributed by atoms with E-state index in [0.29, 0.717) is 12.3 Å². The number of oxime groups is 2. The highest BCUT2D eigenvalue weighted by atomic mass is 32.1. The molecule has 1 saturated heterocycles. The zero-order valence-corrected chi connectivity index (χ0v) is 15.6. The molecule has 2 aliphatic heterocycles. The van der Waals surface area contributed by atoms with E-state index < -0.39 is 0 Å². The van der Waals surface area contributed by atoms with Crippen molar-refractivity contribution in [3.05, 3.63) is 52.0 Å². The van der Waals surface area contributed by atoms with E-state index in [1.165, 1.54) is 30.9 Å². The summed E-state index contributed by atoms with van der Waals surface area (Å²) in [6.45, 7) is 2.39. The molecule has 2 N–H and O–H groups in total. The van der Waals surface area contributed by atoms with Gasteiger partial charge in [-0.05, 0) is 0 Å². The summed E-state index contributed by atoms with van der Waals surface area (Å²) in [5.41, 5.74) is 3.56. The van der Waals surface area contributed by atoms with Crippen molar-refractivity contribution in [3.63, 3.8) is 0 Å². The first-order chi connectivity index (χ1) is 12.8. The average Bonchev–Trinajstić information content (AvgIpc) is 3.37. The minimum atomic E-state index is -0.248. The van der Waals surface area contributed by atoms with Gasteiger partial charge < -0.3 is 15.0 Å². The van der Waals surface area contributed by atoms with E-state index in [1.807, 2.05) is 30.3 Å². The topological polar surface area (TPSA) is 72.7 Å². The fourth-order valence-corrected chi connectivity index (χ4v) is 4.46. The van der Waals surface area contributed by atoms with Gasteiger partial charge in [0.1, 0.15) is 18.5 Å². The maximum absolute atomic E-state index is 5.68. The third-order valence-electron chi connectivity index (χ3n) is 4.84. The van der Waals surface area contributed by atoms with Crippen LogP contribution in [0.2, 0.25) is 0 Å². The smallest absolute Gasteiger partial charge is 0.178 e. The lowest BCUT2D eigenvalue weighted by Gasteiger charge is -2.17. The van der Waals surface area contributed by atoms with Gasteiger partial charge in [-0.2, -0.15) is 0 Å². The molecule has 1 fully saturated rings. The van der Waals surface area contributed by atoms with Crippen LogP contribution in [0.4, 0.5) is 0 Å². The van der Waals surface area contributed by atoms with Gasteiger partial charge in [-0.15, -0.1) is 11.3 Å². The lowest BCUT2D eigenvalue weighted by Crippen LogP contribution is -2.86. The van der Waals surface area contributed by atoms with Crippen LogP contribution in [0.5, 0.6) is 0 Å². The number of quaternary nitrogens is 1. The highest BCUT2D eigenvalue weighted by molar-refractivity contribution is 7.10. The Morgan fingerprint density at radius 1 is 1.27 bits per heavy atom. The normalized spacial score (nSPS) is 21.3. The van der Waals surface area contributed by atoms with E-state index in [-0.39, 0.29) is 6.10 Å². The van der Waals surface area contributed by atoms with Crippen LogP contribution in [-0.2, 0) is 9.68 Å². The summed E-state index contributed by atoms with van der Waals surface area (Å²) in [5.74, 6) is 0.590. The summed E-state index contributed by atoms with van der Waals surface area (Å²) in [6, 6.07) is 9.93. The Morgan fingerprint density at radius 2 is 2.08 bits per heavy atom. The third kappa shape index (κ3) is 3.64. The Hall–Kier alpha value is -2.25. The number of hydrogen-bond acceptors (Lipinski definition) is 6. The third-order valence-corrected chi connectivity index (χ3v) is 5.85. The molecule has 0 spiro atoms. The summed E-state index contributed by atoms with van der Waals surface area (Å²) < 4.78 is 0. The van der Waals surface area contributed by atoms with E-state index in [4.69, 9.17) is 14.7 Å². The van der Waals surface area contributed by atoms with Gasteiger partial charge in [-0.1, -0.05) is 40.6 Å². The second kappa shape index (κ2) is 7.97. The highest BCUT2D eigenvalue weighted by Crippen LogP contribution is 2.29. The van der Waals surface area contributed by atoms with E-state index in [2.05, 4.69) is 21.0 Å². The van der Waals surface area contributed by atoms with Crippen molar-refractivity contribution in [3.8, 4) is 0 Å². The van der Waals surface area contributed by atoms with Crippen molar-refractivity contribution < 1.29 is 15.0 Å². The van der Waals surface area contributed by atoms with Gasteiger partial charge in [-0.3, -0.25) is 0 Å². The van der Waals surface area contributed by atoms with Gasteiger partial charge in [0.15, 0.2) is 6.10 Å². The first-order valence-corrected chi connectivity index (χ1v) is 9.89. The summed E-state index contributed by atoms with van der Waals surface area (Å²) in [7, 11) is 1.55. The second-order valence-electron chi connectivity index (χ2n) is 6.57. The summed E-state index contributed by atoms with van der Waals surface area (Å²) in [5, 5.41) is 14.2. The Kier molecular flexibility index (Phi) is 5.26. The molecule has 0 bridgehead atoms.